The highest BCUT2D eigenvalue weighted by molar-refractivity contribution is 6.13. The summed E-state index contributed by atoms with van der Waals surface area (Å²) >= 11 is 0. The molecule has 0 saturated carbocycles. The highest BCUT2D eigenvalue weighted by Crippen LogP contribution is 2.23. The Labute approximate surface area is 134 Å². The van der Waals surface area contributed by atoms with Crippen molar-refractivity contribution in [3.63, 3.8) is 0 Å². The first-order valence-electron chi connectivity index (χ1n) is 7.16. The molecule has 0 saturated heterocycles. The van der Waals surface area contributed by atoms with Crippen LogP contribution in [0.5, 0.6) is 0 Å². The van der Waals surface area contributed by atoms with Crippen LogP contribution in [0.25, 0.3) is 0 Å². The molecule has 120 valence electrons. The van der Waals surface area contributed by atoms with Gasteiger partial charge in [-0.3, -0.25) is 10.1 Å². The number of rotatable bonds is 3. The second-order valence-corrected chi connectivity index (χ2v) is 5.98. The fraction of sp³-hybridized carbons (Fsp3) is 0.222. The normalized spacial score (nSPS) is 11.0. The third-order valence-electron chi connectivity index (χ3n) is 2.92. The first-order valence-corrected chi connectivity index (χ1v) is 7.16. The van der Waals surface area contributed by atoms with E-state index in [1.54, 1.807) is 51.1 Å². The molecule has 0 heterocycles. The van der Waals surface area contributed by atoms with Crippen molar-refractivity contribution < 1.29 is 18.7 Å². The fourth-order valence-electron chi connectivity index (χ4n) is 1.99. The summed E-state index contributed by atoms with van der Waals surface area (Å²) in [6.07, 6.45) is -0.815. The summed E-state index contributed by atoms with van der Waals surface area (Å²) in [7, 11) is 0. The summed E-state index contributed by atoms with van der Waals surface area (Å²) in [5.41, 5.74) is -0.429. The maximum atomic E-state index is 14.1. The molecule has 4 nitrogen and oxygen atoms in total. The van der Waals surface area contributed by atoms with Gasteiger partial charge in [-0.15, -0.1) is 0 Å². The van der Waals surface area contributed by atoms with Gasteiger partial charge in [0, 0.05) is 11.1 Å². The molecule has 1 N–H and O–H groups in total. The van der Waals surface area contributed by atoms with E-state index in [2.05, 4.69) is 5.32 Å². The molecule has 0 aliphatic rings. The van der Waals surface area contributed by atoms with Crippen molar-refractivity contribution in [1.29, 1.82) is 0 Å². The second kappa shape index (κ2) is 6.60. The van der Waals surface area contributed by atoms with Crippen LogP contribution < -0.4 is 5.32 Å². The molecule has 0 aromatic heterocycles. The molecule has 0 spiro atoms. The standard InChI is InChI=1S/C18H18FNO3/c1-18(2,3)23-17(22)20-15-13(10-7-11-14(15)19)16(21)12-8-5-4-6-9-12/h4-11H,1-3H3,(H,20,22). The lowest BCUT2D eigenvalue weighted by Gasteiger charge is -2.20. The summed E-state index contributed by atoms with van der Waals surface area (Å²) < 4.78 is 19.2. The molecule has 0 radical (unpaired) electrons. The largest absolute Gasteiger partial charge is 0.444 e. The predicted octanol–water partition coefficient (Wildman–Crippen LogP) is 4.40. The van der Waals surface area contributed by atoms with Crippen LogP contribution in [-0.4, -0.2) is 17.5 Å². The zero-order chi connectivity index (χ0) is 17.0. The molecule has 0 bridgehead atoms. The Kier molecular flexibility index (Phi) is 4.79. The van der Waals surface area contributed by atoms with E-state index >= 15 is 0 Å². The van der Waals surface area contributed by atoms with Gasteiger partial charge in [-0.05, 0) is 32.9 Å². The van der Waals surface area contributed by atoms with Crippen LogP contribution in [0.1, 0.15) is 36.7 Å². The predicted molar refractivity (Wildman–Crippen MR) is 86.1 cm³/mol. The van der Waals surface area contributed by atoms with E-state index in [1.807, 2.05) is 0 Å². The molecule has 5 heteroatoms. The van der Waals surface area contributed by atoms with Crippen LogP contribution in [0, 0.1) is 5.82 Å². The van der Waals surface area contributed by atoms with Crippen LogP contribution in [0.3, 0.4) is 0 Å². The number of hydrogen-bond donors (Lipinski definition) is 1. The van der Waals surface area contributed by atoms with Gasteiger partial charge in [-0.25, -0.2) is 9.18 Å². The molecule has 2 rings (SSSR count). The third kappa shape index (κ3) is 4.39. The average Bonchev–Trinajstić information content (AvgIpc) is 2.47. The van der Waals surface area contributed by atoms with E-state index in [9.17, 15) is 14.0 Å². The highest BCUT2D eigenvalue weighted by atomic mass is 19.1. The number of para-hydroxylation sites is 1. The molecule has 0 aliphatic carbocycles. The summed E-state index contributed by atoms with van der Waals surface area (Å²) in [5.74, 6) is -1.08. The lowest BCUT2D eigenvalue weighted by atomic mass is 10.0. The third-order valence-corrected chi connectivity index (χ3v) is 2.92. The van der Waals surface area contributed by atoms with E-state index in [0.717, 1.165) is 0 Å². The van der Waals surface area contributed by atoms with Gasteiger partial charge in [0.2, 0.25) is 0 Å². The maximum Gasteiger partial charge on any atom is 0.412 e. The average molecular weight is 315 g/mol. The highest BCUT2D eigenvalue weighted by Gasteiger charge is 2.21. The Balaban J connectivity index is 2.34. The first-order chi connectivity index (χ1) is 10.8. The Hall–Kier alpha value is -2.69. The van der Waals surface area contributed by atoms with Crippen molar-refractivity contribution in [2.24, 2.45) is 0 Å². The van der Waals surface area contributed by atoms with E-state index in [-0.39, 0.29) is 17.0 Å². The number of ketones is 1. The summed E-state index contributed by atoms with van der Waals surface area (Å²) in [6.45, 7) is 5.10. The van der Waals surface area contributed by atoms with Crippen LogP contribution in [0.4, 0.5) is 14.9 Å². The monoisotopic (exact) mass is 315 g/mol. The van der Waals surface area contributed by atoms with Crippen LogP contribution >= 0.6 is 0 Å². The minimum atomic E-state index is -0.815. The van der Waals surface area contributed by atoms with Crippen molar-refractivity contribution >= 4 is 17.6 Å². The molecule has 2 aromatic carbocycles. The fourth-order valence-corrected chi connectivity index (χ4v) is 1.99. The minimum absolute atomic E-state index is 0.0714. The Bertz CT molecular complexity index is 721. The first kappa shape index (κ1) is 16.7. The molecule has 0 aliphatic heterocycles. The number of benzene rings is 2. The SMILES string of the molecule is CC(C)(C)OC(=O)Nc1c(F)cccc1C(=O)c1ccccc1. The van der Waals surface area contributed by atoms with Crippen LogP contribution in [0.2, 0.25) is 0 Å². The van der Waals surface area contributed by atoms with E-state index in [4.69, 9.17) is 4.74 Å². The zero-order valence-corrected chi connectivity index (χ0v) is 13.2. The van der Waals surface area contributed by atoms with E-state index in [0.29, 0.717) is 5.56 Å². The summed E-state index contributed by atoms with van der Waals surface area (Å²) in [5, 5.41) is 2.33. The number of nitrogens with one attached hydrogen (secondary N) is 1. The number of amides is 1. The Morgan fingerprint density at radius 1 is 1.00 bits per heavy atom. The second-order valence-electron chi connectivity index (χ2n) is 5.98. The minimum Gasteiger partial charge on any atom is -0.444 e. The zero-order valence-electron chi connectivity index (χ0n) is 13.2. The van der Waals surface area contributed by atoms with Crippen molar-refractivity contribution in [3.8, 4) is 0 Å². The molecule has 23 heavy (non-hydrogen) atoms. The van der Waals surface area contributed by atoms with Gasteiger partial charge < -0.3 is 4.74 Å². The lowest BCUT2D eigenvalue weighted by molar-refractivity contribution is 0.0635. The van der Waals surface area contributed by atoms with E-state index < -0.39 is 17.5 Å². The molecule has 0 atom stereocenters. The van der Waals surface area contributed by atoms with Gasteiger partial charge in [0.05, 0.1) is 5.69 Å². The van der Waals surface area contributed by atoms with Gasteiger partial charge in [0.25, 0.3) is 0 Å². The van der Waals surface area contributed by atoms with Gasteiger partial charge >= 0.3 is 6.09 Å². The quantitative estimate of drug-likeness (QED) is 0.854. The molecule has 0 unspecified atom stereocenters. The van der Waals surface area contributed by atoms with Gasteiger partial charge in [-0.1, -0.05) is 36.4 Å². The van der Waals surface area contributed by atoms with Crippen LogP contribution in [0.15, 0.2) is 48.5 Å². The van der Waals surface area contributed by atoms with Gasteiger partial charge in [0.15, 0.2) is 5.78 Å². The molecular formula is C18H18FNO3. The van der Waals surface area contributed by atoms with Gasteiger partial charge in [0.1, 0.15) is 11.4 Å². The molecular weight excluding hydrogens is 297 g/mol. The topological polar surface area (TPSA) is 55.4 Å². The van der Waals surface area contributed by atoms with Gasteiger partial charge in [-0.2, -0.15) is 0 Å². The van der Waals surface area contributed by atoms with Crippen molar-refractivity contribution in [1.82, 2.24) is 0 Å². The number of anilines is 1. The lowest BCUT2D eigenvalue weighted by Crippen LogP contribution is -2.28. The molecule has 0 fully saturated rings. The van der Waals surface area contributed by atoms with E-state index in [1.165, 1.54) is 18.2 Å². The number of carbonyl (C=O) groups excluding carboxylic acids is 2. The number of hydrogen-bond acceptors (Lipinski definition) is 3. The summed E-state index contributed by atoms with van der Waals surface area (Å²) in [4.78, 5) is 24.4. The van der Waals surface area contributed by atoms with Crippen molar-refractivity contribution in [2.45, 2.75) is 26.4 Å². The smallest absolute Gasteiger partial charge is 0.412 e. The van der Waals surface area contributed by atoms with Crippen molar-refractivity contribution in [2.75, 3.05) is 5.32 Å². The Morgan fingerprint density at radius 3 is 2.26 bits per heavy atom. The number of halogens is 1. The van der Waals surface area contributed by atoms with Crippen molar-refractivity contribution in [3.05, 3.63) is 65.5 Å². The number of ether oxygens (including phenoxy) is 1. The van der Waals surface area contributed by atoms with Crippen LogP contribution in [-0.2, 0) is 4.74 Å². The number of carbonyl (C=O) groups is 2. The molecule has 1 amide bonds. The Morgan fingerprint density at radius 2 is 1.65 bits per heavy atom. The molecule has 2 aromatic rings. The summed E-state index contributed by atoms with van der Waals surface area (Å²) in [6, 6.07) is 12.5. The maximum absolute atomic E-state index is 14.1.